The molecule has 1 aromatic heterocycles. The Morgan fingerprint density at radius 2 is 2.54 bits per heavy atom. The zero-order valence-electron chi connectivity index (χ0n) is 7.32. The SMILES string of the molecule is ClCC1CCOC1c1cccnc1. The molecule has 2 atom stereocenters. The fourth-order valence-electron chi connectivity index (χ4n) is 1.70. The van der Waals surface area contributed by atoms with Gasteiger partial charge >= 0.3 is 0 Å². The molecular weight excluding hydrogens is 186 g/mol. The highest BCUT2D eigenvalue weighted by Gasteiger charge is 2.28. The van der Waals surface area contributed by atoms with E-state index < -0.39 is 0 Å². The van der Waals surface area contributed by atoms with E-state index in [2.05, 4.69) is 4.98 Å². The minimum absolute atomic E-state index is 0.159. The van der Waals surface area contributed by atoms with Crippen molar-refractivity contribution < 1.29 is 4.74 Å². The van der Waals surface area contributed by atoms with Crippen LogP contribution in [0.4, 0.5) is 0 Å². The summed E-state index contributed by atoms with van der Waals surface area (Å²) in [5, 5.41) is 0. The van der Waals surface area contributed by atoms with Crippen LogP contribution in [0.25, 0.3) is 0 Å². The van der Waals surface area contributed by atoms with Crippen LogP contribution in [0, 0.1) is 5.92 Å². The van der Waals surface area contributed by atoms with Gasteiger partial charge in [-0.2, -0.15) is 0 Å². The summed E-state index contributed by atoms with van der Waals surface area (Å²) in [5.74, 6) is 1.12. The van der Waals surface area contributed by atoms with Crippen LogP contribution in [0.3, 0.4) is 0 Å². The minimum atomic E-state index is 0.159. The molecule has 2 nitrogen and oxygen atoms in total. The molecule has 0 N–H and O–H groups in total. The van der Waals surface area contributed by atoms with Gasteiger partial charge in [0.1, 0.15) is 0 Å². The average molecular weight is 198 g/mol. The molecule has 0 aliphatic carbocycles. The maximum absolute atomic E-state index is 5.85. The van der Waals surface area contributed by atoms with E-state index in [0.29, 0.717) is 11.8 Å². The van der Waals surface area contributed by atoms with Crippen LogP contribution < -0.4 is 0 Å². The van der Waals surface area contributed by atoms with Crippen molar-refractivity contribution in [3.8, 4) is 0 Å². The van der Waals surface area contributed by atoms with E-state index in [0.717, 1.165) is 18.6 Å². The largest absolute Gasteiger partial charge is 0.373 e. The van der Waals surface area contributed by atoms with E-state index in [9.17, 15) is 0 Å². The first-order chi connectivity index (χ1) is 6.42. The monoisotopic (exact) mass is 197 g/mol. The quantitative estimate of drug-likeness (QED) is 0.680. The van der Waals surface area contributed by atoms with Crippen molar-refractivity contribution >= 4 is 11.6 Å². The number of halogens is 1. The molecule has 0 bridgehead atoms. The van der Waals surface area contributed by atoms with Crippen LogP contribution in [-0.2, 0) is 4.74 Å². The first-order valence-corrected chi connectivity index (χ1v) is 5.03. The van der Waals surface area contributed by atoms with Gasteiger partial charge < -0.3 is 4.74 Å². The molecule has 70 valence electrons. The fourth-order valence-corrected chi connectivity index (χ4v) is 2.02. The number of alkyl halides is 1. The molecule has 13 heavy (non-hydrogen) atoms. The van der Waals surface area contributed by atoms with E-state index in [-0.39, 0.29) is 6.10 Å². The number of ether oxygens (including phenoxy) is 1. The Kier molecular flexibility index (Phi) is 2.81. The van der Waals surface area contributed by atoms with Crippen LogP contribution >= 0.6 is 11.6 Å². The van der Waals surface area contributed by atoms with E-state index in [1.165, 1.54) is 0 Å². The number of nitrogens with zero attached hydrogens (tertiary/aromatic N) is 1. The normalized spacial score (nSPS) is 27.8. The Morgan fingerprint density at radius 3 is 3.23 bits per heavy atom. The minimum Gasteiger partial charge on any atom is -0.373 e. The second kappa shape index (κ2) is 4.07. The van der Waals surface area contributed by atoms with Crippen molar-refractivity contribution in [2.24, 2.45) is 5.92 Å². The summed E-state index contributed by atoms with van der Waals surface area (Å²) in [6.45, 7) is 0.816. The third kappa shape index (κ3) is 1.84. The summed E-state index contributed by atoms with van der Waals surface area (Å²) in [4.78, 5) is 4.07. The highest BCUT2D eigenvalue weighted by molar-refractivity contribution is 6.18. The summed E-state index contributed by atoms with van der Waals surface area (Å²) in [5.41, 5.74) is 1.14. The second-order valence-corrected chi connectivity index (χ2v) is 3.59. The Bertz CT molecular complexity index is 265. The van der Waals surface area contributed by atoms with Crippen LogP contribution in [0.5, 0.6) is 0 Å². The van der Waals surface area contributed by atoms with E-state index >= 15 is 0 Å². The Morgan fingerprint density at radius 1 is 1.62 bits per heavy atom. The molecule has 2 heterocycles. The molecule has 1 fully saturated rings. The van der Waals surface area contributed by atoms with Gasteiger partial charge in [0.15, 0.2) is 0 Å². The number of rotatable bonds is 2. The van der Waals surface area contributed by atoms with Crippen LogP contribution in [0.15, 0.2) is 24.5 Å². The predicted molar refractivity (Wildman–Crippen MR) is 51.8 cm³/mol. The maximum atomic E-state index is 5.85. The van der Waals surface area contributed by atoms with Crippen molar-refractivity contribution in [1.82, 2.24) is 4.98 Å². The Labute approximate surface area is 82.9 Å². The van der Waals surface area contributed by atoms with Gasteiger partial charge in [0, 0.05) is 30.8 Å². The van der Waals surface area contributed by atoms with Gasteiger partial charge in [-0.05, 0) is 18.1 Å². The van der Waals surface area contributed by atoms with Crippen LogP contribution in [0.1, 0.15) is 18.1 Å². The van der Waals surface area contributed by atoms with E-state index in [1.54, 1.807) is 6.20 Å². The van der Waals surface area contributed by atoms with Crippen molar-refractivity contribution in [1.29, 1.82) is 0 Å². The highest BCUT2D eigenvalue weighted by atomic mass is 35.5. The molecule has 3 heteroatoms. The average Bonchev–Trinajstić information content (AvgIpc) is 2.67. The van der Waals surface area contributed by atoms with Crippen molar-refractivity contribution in [3.05, 3.63) is 30.1 Å². The molecule has 1 aliphatic heterocycles. The fraction of sp³-hybridized carbons (Fsp3) is 0.500. The van der Waals surface area contributed by atoms with Crippen molar-refractivity contribution in [2.75, 3.05) is 12.5 Å². The first-order valence-electron chi connectivity index (χ1n) is 4.49. The zero-order chi connectivity index (χ0) is 9.10. The van der Waals surface area contributed by atoms with E-state index in [1.807, 2.05) is 18.3 Å². The molecule has 0 aromatic carbocycles. The number of pyridine rings is 1. The summed E-state index contributed by atoms with van der Waals surface area (Å²) >= 11 is 5.85. The smallest absolute Gasteiger partial charge is 0.0880 e. The van der Waals surface area contributed by atoms with E-state index in [4.69, 9.17) is 16.3 Å². The third-order valence-electron chi connectivity index (χ3n) is 2.43. The molecule has 2 unspecified atom stereocenters. The summed E-state index contributed by atoms with van der Waals surface area (Å²) in [7, 11) is 0. The standard InChI is InChI=1S/C10H12ClNO/c11-6-8-3-5-13-10(8)9-2-1-4-12-7-9/h1-2,4,7-8,10H,3,5-6H2. The molecule has 2 rings (SSSR count). The summed E-state index contributed by atoms with van der Waals surface area (Å²) < 4.78 is 5.62. The predicted octanol–water partition coefficient (Wildman–Crippen LogP) is 2.40. The lowest BCUT2D eigenvalue weighted by molar-refractivity contribution is 0.0949. The number of hydrogen-bond acceptors (Lipinski definition) is 2. The lowest BCUT2D eigenvalue weighted by Gasteiger charge is -2.15. The molecule has 0 radical (unpaired) electrons. The van der Waals surface area contributed by atoms with Gasteiger partial charge in [-0.25, -0.2) is 0 Å². The van der Waals surface area contributed by atoms with Gasteiger partial charge in [-0.15, -0.1) is 11.6 Å². The molecular formula is C10H12ClNO. The lowest BCUT2D eigenvalue weighted by Crippen LogP contribution is -2.08. The zero-order valence-corrected chi connectivity index (χ0v) is 8.07. The molecule has 0 spiro atoms. The molecule has 1 aliphatic rings. The molecule has 1 aromatic rings. The van der Waals surface area contributed by atoms with Crippen molar-refractivity contribution in [3.63, 3.8) is 0 Å². The summed E-state index contributed by atoms with van der Waals surface area (Å²) in [6.07, 6.45) is 4.85. The Balaban J connectivity index is 2.16. The highest BCUT2D eigenvalue weighted by Crippen LogP contribution is 2.34. The van der Waals surface area contributed by atoms with Crippen LogP contribution in [0.2, 0.25) is 0 Å². The van der Waals surface area contributed by atoms with Gasteiger partial charge in [0.05, 0.1) is 6.10 Å². The first kappa shape index (κ1) is 8.97. The number of hydrogen-bond donors (Lipinski definition) is 0. The Hall–Kier alpha value is -0.600. The molecule has 0 saturated carbocycles. The third-order valence-corrected chi connectivity index (χ3v) is 2.82. The van der Waals surface area contributed by atoms with Gasteiger partial charge in [-0.3, -0.25) is 4.98 Å². The van der Waals surface area contributed by atoms with Gasteiger partial charge in [0.25, 0.3) is 0 Å². The van der Waals surface area contributed by atoms with Crippen LogP contribution in [-0.4, -0.2) is 17.5 Å². The molecule has 1 saturated heterocycles. The maximum Gasteiger partial charge on any atom is 0.0880 e. The van der Waals surface area contributed by atoms with Gasteiger partial charge in [-0.1, -0.05) is 6.07 Å². The lowest BCUT2D eigenvalue weighted by atomic mass is 9.98. The van der Waals surface area contributed by atoms with Gasteiger partial charge in [0.2, 0.25) is 0 Å². The van der Waals surface area contributed by atoms with Crippen molar-refractivity contribution in [2.45, 2.75) is 12.5 Å². The summed E-state index contributed by atoms with van der Waals surface area (Å²) in [6, 6.07) is 3.98. The number of aromatic nitrogens is 1. The molecule has 0 amide bonds. The second-order valence-electron chi connectivity index (χ2n) is 3.28. The topological polar surface area (TPSA) is 22.1 Å².